The van der Waals surface area contributed by atoms with E-state index < -0.39 is 6.09 Å². The lowest BCUT2D eigenvalue weighted by Crippen LogP contribution is -2.37. The largest absolute Gasteiger partial charge is 0.447 e. The monoisotopic (exact) mass is 314 g/mol. The minimum atomic E-state index is -0.487. The third-order valence-electron chi connectivity index (χ3n) is 3.70. The molecular weight excluding hydrogens is 299 g/mol. The number of hydrogen-bond donors (Lipinski definition) is 0. The van der Waals surface area contributed by atoms with Crippen molar-refractivity contribution in [2.75, 3.05) is 48.6 Å². The molecule has 0 radical (unpaired) electrons. The summed E-state index contributed by atoms with van der Waals surface area (Å²) in [6, 6.07) is 4.51. The Morgan fingerprint density at radius 1 is 1.33 bits per heavy atom. The lowest BCUT2D eigenvalue weighted by Gasteiger charge is -2.29. The Bertz CT molecular complexity index is 537. The molecule has 7 heteroatoms. The van der Waals surface area contributed by atoms with Gasteiger partial charge in [-0.15, -0.1) is 11.6 Å². The second-order valence-electron chi connectivity index (χ2n) is 4.99. The van der Waals surface area contributed by atoms with Gasteiger partial charge in [-0.1, -0.05) is 0 Å². The zero-order valence-electron chi connectivity index (χ0n) is 11.4. The highest BCUT2D eigenvalue weighted by Gasteiger charge is 2.34. The van der Waals surface area contributed by atoms with Crippen molar-refractivity contribution < 1.29 is 18.7 Å². The van der Waals surface area contributed by atoms with Crippen molar-refractivity contribution in [3.63, 3.8) is 0 Å². The normalized spacial score (nSPS) is 22.6. The molecule has 1 atom stereocenters. The van der Waals surface area contributed by atoms with E-state index in [1.807, 2.05) is 4.90 Å². The molecule has 2 aliphatic heterocycles. The molecule has 0 aromatic heterocycles. The summed E-state index contributed by atoms with van der Waals surface area (Å²) in [6.45, 7) is 2.73. The summed E-state index contributed by atoms with van der Waals surface area (Å²) in [6.07, 6.45) is -0.487. The molecule has 3 rings (SSSR count). The van der Waals surface area contributed by atoms with E-state index in [-0.39, 0.29) is 24.3 Å². The predicted octanol–water partition coefficient (Wildman–Crippen LogP) is 2.23. The van der Waals surface area contributed by atoms with Crippen molar-refractivity contribution >= 4 is 29.1 Å². The summed E-state index contributed by atoms with van der Waals surface area (Å²) < 4.78 is 24.6. The number of hydrogen-bond acceptors (Lipinski definition) is 4. The first-order chi connectivity index (χ1) is 10.2. The molecule has 0 bridgehead atoms. The summed E-state index contributed by atoms with van der Waals surface area (Å²) in [4.78, 5) is 15.1. The van der Waals surface area contributed by atoms with Crippen LogP contribution in [0, 0.1) is 5.82 Å². The quantitative estimate of drug-likeness (QED) is 0.802. The summed E-state index contributed by atoms with van der Waals surface area (Å²) in [7, 11) is 0. The highest BCUT2D eigenvalue weighted by Crippen LogP contribution is 2.29. The zero-order valence-corrected chi connectivity index (χ0v) is 12.2. The number of alkyl halides is 1. The van der Waals surface area contributed by atoms with Crippen LogP contribution in [-0.2, 0) is 9.47 Å². The molecule has 21 heavy (non-hydrogen) atoms. The van der Waals surface area contributed by atoms with E-state index >= 15 is 0 Å². The van der Waals surface area contributed by atoms with Crippen LogP contribution < -0.4 is 9.80 Å². The predicted molar refractivity (Wildman–Crippen MR) is 77.8 cm³/mol. The van der Waals surface area contributed by atoms with Crippen molar-refractivity contribution in [3.8, 4) is 0 Å². The van der Waals surface area contributed by atoms with Crippen LogP contribution >= 0.6 is 11.6 Å². The van der Waals surface area contributed by atoms with Gasteiger partial charge in [0.05, 0.1) is 30.6 Å². The fourth-order valence-electron chi connectivity index (χ4n) is 2.60. The smallest absolute Gasteiger partial charge is 0.414 e. The topological polar surface area (TPSA) is 42.0 Å². The summed E-state index contributed by atoms with van der Waals surface area (Å²) in [5, 5.41) is 0. The molecule has 1 aromatic rings. The molecule has 0 aliphatic carbocycles. The summed E-state index contributed by atoms with van der Waals surface area (Å²) in [5.74, 6) is -0.110. The zero-order chi connectivity index (χ0) is 14.8. The first-order valence-corrected chi connectivity index (χ1v) is 7.38. The van der Waals surface area contributed by atoms with E-state index in [4.69, 9.17) is 21.1 Å². The molecule has 0 N–H and O–H groups in total. The molecule has 1 amide bonds. The number of anilines is 2. The fraction of sp³-hybridized carbons (Fsp3) is 0.500. The van der Waals surface area contributed by atoms with Crippen molar-refractivity contribution in [2.45, 2.75) is 6.04 Å². The number of cyclic esters (lactones) is 1. The van der Waals surface area contributed by atoms with Crippen LogP contribution in [0.15, 0.2) is 18.2 Å². The maximum atomic E-state index is 14.4. The van der Waals surface area contributed by atoms with Gasteiger partial charge in [-0.3, -0.25) is 4.90 Å². The van der Waals surface area contributed by atoms with Gasteiger partial charge in [0.2, 0.25) is 0 Å². The molecular formula is C14H16ClFN2O3. The third kappa shape index (κ3) is 2.78. The molecule has 2 heterocycles. The first-order valence-electron chi connectivity index (χ1n) is 6.85. The Morgan fingerprint density at radius 2 is 2.10 bits per heavy atom. The number of ether oxygens (including phenoxy) is 2. The van der Waals surface area contributed by atoms with Crippen LogP contribution in [0.4, 0.5) is 20.6 Å². The number of rotatable bonds is 3. The molecule has 2 saturated heterocycles. The minimum absolute atomic E-state index is 0.231. The molecule has 2 aliphatic rings. The van der Waals surface area contributed by atoms with E-state index in [1.165, 1.54) is 11.0 Å². The van der Waals surface area contributed by atoms with E-state index in [1.54, 1.807) is 12.1 Å². The van der Waals surface area contributed by atoms with Crippen LogP contribution in [0.1, 0.15) is 0 Å². The number of nitrogens with zero attached hydrogens (tertiary/aromatic N) is 2. The van der Waals surface area contributed by atoms with Gasteiger partial charge in [-0.05, 0) is 18.2 Å². The number of carbonyl (C=O) groups is 1. The van der Waals surface area contributed by atoms with E-state index in [0.717, 1.165) is 0 Å². The Morgan fingerprint density at radius 3 is 2.76 bits per heavy atom. The number of benzene rings is 1. The highest BCUT2D eigenvalue weighted by molar-refractivity contribution is 6.19. The molecule has 1 unspecified atom stereocenters. The van der Waals surface area contributed by atoms with Gasteiger partial charge in [0.25, 0.3) is 0 Å². The number of amides is 1. The van der Waals surface area contributed by atoms with Crippen molar-refractivity contribution in [2.24, 2.45) is 0 Å². The number of carbonyl (C=O) groups excluding carboxylic acids is 1. The Balaban J connectivity index is 1.85. The second kappa shape index (κ2) is 6.07. The first kappa shape index (κ1) is 14.4. The molecule has 0 spiro atoms. The van der Waals surface area contributed by atoms with E-state index in [9.17, 15) is 9.18 Å². The van der Waals surface area contributed by atoms with Gasteiger partial charge in [0.15, 0.2) is 0 Å². The Hall–Kier alpha value is -1.53. The molecule has 5 nitrogen and oxygen atoms in total. The maximum Gasteiger partial charge on any atom is 0.414 e. The standard InChI is InChI=1S/C14H16ClFN2O3/c15-8-11-9-21-14(19)18(11)10-1-2-13(12(16)7-10)17-3-5-20-6-4-17/h1-2,7,11H,3-6,8-9H2. The lowest BCUT2D eigenvalue weighted by molar-refractivity contribution is 0.122. The highest BCUT2D eigenvalue weighted by atomic mass is 35.5. The van der Waals surface area contributed by atoms with Gasteiger partial charge in [0.1, 0.15) is 12.4 Å². The summed E-state index contributed by atoms with van der Waals surface area (Å²) in [5.41, 5.74) is 0.995. The van der Waals surface area contributed by atoms with Crippen LogP contribution in [0.3, 0.4) is 0 Å². The molecule has 1 aromatic carbocycles. The second-order valence-corrected chi connectivity index (χ2v) is 5.30. The van der Waals surface area contributed by atoms with Crippen LogP contribution in [-0.4, -0.2) is 50.9 Å². The molecule has 0 saturated carbocycles. The van der Waals surface area contributed by atoms with Gasteiger partial charge >= 0.3 is 6.09 Å². The van der Waals surface area contributed by atoms with Crippen LogP contribution in [0.2, 0.25) is 0 Å². The van der Waals surface area contributed by atoms with E-state index in [0.29, 0.717) is 37.7 Å². The SMILES string of the molecule is O=C1OCC(CCl)N1c1ccc(N2CCOCC2)c(F)c1. The van der Waals surface area contributed by atoms with Gasteiger partial charge in [-0.25, -0.2) is 9.18 Å². The Labute approximate surface area is 127 Å². The number of morpholine rings is 1. The minimum Gasteiger partial charge on any atom is -0.447 e. The molecule has 2 fully saturated rings. The Kier molecular flexibility index (Phi) is 4.17. The van der Waals surface area contributed by atoms with Crippen molar-refractivity contribution in [1.29, 1.82) is 0 Å². The lowest BCUT2D eigenvalue weighted by atomic mass is 10.2. The summed E-state index contributed by atoms with van der Waals surface area (Å²) >= 11 is 5.82. The van der Waals surface area contributed by atoms with Crippen molar-refractivity contribution in [1.82, 2.24) is 0 Å². The van der Waals surface area contributed by atoms with Gasteiger partial charge < -0.3 is 14.4 Å². The van der Waals surface area contributed by atoms with Gasteiger partial charge in [-0.2, -0.15) is 0 Å². The third-order valence-corrected chi connectivity index (χ3v) is 4.06. The maximum absolute atomic E-state index is 14.4. The van der Waals surface area contributed by atoms with Crippen LogP contribution in [0.25, 0.3) is 0 Å². The van der Waals surface area contributed by atoms with Gasteiger partial charge in [0, 0.05) is 19.0 Å². The molecule has 114 valence electrons. The van der Waals surface area contributed by atoms with Crippen LogP contribution in [0.5, 0.6) is 0 Å². The van der Waals surface area contributed by atoms with Crippen molar-refractivity contribution in [3.05, 3.63) is 24.0 Å². The van der Waals surface area contributed by atoms with E-state index in [2.05, 4.69) is 0 Å². The average molecular weight is 315 g/mol. The number of halogens is 2. The fourth-order valence-corrected chi connectivity index (χ4v) is 2.82. The average Bonchev–Trinajstić information content (AvgIpc) is 2.89.